The van der Waals surface area contributed by atoms with E-state index in [9.17, 15) is 19.0 Å². The summed E-state index contributed by atoms with van der Waals surface area (Å²) in [6, 6.07) is 3.59. The Bertz CT molecular complexity index is 428. The van der Waals surface area contributed by atoms with Crippen LogP contribution in [0.4, 0.5) is 8.78 Å². The van der Waals surface area contributed by atoms with Gasteiger partial charge >= 0.3 is 0 Å². The SMILES string of the molecule is OCC1CCCC1NCC(O)c1ccc(F)c(F)c1. The molecule has 5 heteroatoms. The van der Waals surface area contributed by atoms with Crippen molar-refractivity contribution in [3.05, 3.63) is 35.4 Å². The number of aliphatic hydroxyl groups is 2. The molecule has 0 aliphatic heterocycles. The van der Waals surface area contributed by atoms with Gasteiger partial charge < -0.3 is 15.5 Å². The van der Waals surface area contributed by atoms with Gasteiger partial charge in [-0.25, -0.2) is 8.78 Å². The molecule has 19 heavy (non-hydrogen) atoms. The summed E-state index contributed by atoms with van der Waals surface area (Å²) in [6.07, 6.45) is 2.13. The number of aliphatic hydroxyl groups excluding tert-OH is 2. The van der Waals surface area contributed by atoms with E-state index in [1.807, 2.05) is 0 Å². The van der Waals surface area contributed by atoms with Crippen molar-refractivity contribution in [1.29, 1.82) is 0 Å². The summed E-state index contributed by atoms with van der Waals surface area (Å²) in [6.45, 7) is 0.408. The molecular weight excluding hydrogens is 252 g/mol. The van der Waals surface area contributed by atoms with E-state index in [1.54, 1.807) is 0 Å². The number of nitrogens with one attached hydrogen (secondary N) is 1. The first-order chi connectivity index (χ1) is 9.11. The summed E-state index contributed by atoms with van der Waals surface area (Å²) < 4.78 is 25.8. The monoisotopic (exact) mass is 271 g/mol. The molecular formula is C14H19F2NO2. The lowest BCUT2D eigenvalue weighted by Gasteiger charge is -2.21. The van der Waals surface area contributed by atoms with Gasteiger partial charge in [0.2, 0.25) is 0 Å². The molecule has 0 amide bonds. The summed E-state index contributed by atoms with van der Waals surface area (Å²) in [7, 11) is 0. The topological polar surface area (TPSA) is 52.5 Å². The molecule has 1 fully saturated rings. The minimum atomic E-state index is -0.953. The second-order valence-electron chi connectivity index (χ2n) is 5.08. The van der Waals surface area contributed by atoms with Crippen LogP contribution in [0.2, 0.25) is 0 Å². The third-order valence-corrected chi connectivity index (χ3v) is 3.80. The van der Waals surface area contributed by atoms with Crippen LogP contribution in [0.3, 0.4) is 0 Å². The van der Waals surface area contributed by atoms with Gasteiger partial charge in [-0.15, -0.1) is 0 Å². The molecule has 3 N–H and O–H groups in total. The molecule has 3 nitrogen and oxygen atoms in total. The molecule has 1 saturated carbocycles. The Kier molecular flexibility index (Phi) is 4.85. The van der Waals surface area contributed by atoms with Gasteiger partial charge in [-0.2, -0.15) is 0 Å². The summed E-state index contributed by atoms with van der Waals surface area (Å²) in [5.74, 6) is -1.65. The van der Waals surface area contributed by atoms with Gasteiger partial charge in [0.1, 0.15) is 0 Å². The minimum Gasteiger partial charge on any atom is -0.396 e. The Morgan fingerprint density at radius 1 is 1.26 bits per heavy atom. The highest BCUT2D eigenvalue weighted by atomic mass is 19.2. The van der Waals surface area contributed by atoms with E-state index >= 15 is 0 Å². The van der Waals surface area contributed by atoms with Crippen LogP contribution in [-0.2, 0) is 0 Å². The van der Waals surface area contributed by atoms with E-state index in [1.165, 1.54) is 6.07 Å². The smallest absolute Gasteiger partial charge is 0.159 e. The predicted molar refractivity (Wildman–Crippen MR) is 67.5 cm³/mol. The molecule has 0 bridgehead atoms. The molecule has 0 spiro atoms. The minimum absolute atomic E-state index is 0.138. The van der Waals surface area contributed by atoms with E-state index < -0.39 is 17.7 Å². The van der Waals surface area contributed by atoms with Crippen molar-refractivity contribution in [3.8, 4) is 0 Å². The zero-order valence-corrected chi connectivity index (χ0v) is 10.6. The molecule has 2 rings (SSSR count). The maximum Gasteiger partial charge on any atom is 0.159 e. The van der Waals surface area contributed by atoms with E-state index in [0.29, 0.717) is 5.56 Å². The maximum absolute atomic E-state index is 13.1. The Morgan fingerprint density at radius 3 is 2.74 bits per heavy atom. The average molecular weight is 271 g/mol. The quantitative estimate of drug-likeness (QED) is 0.764. The molecule has 1 aliphatic carbocycles. The third-order valence-electron chi connectivity index (χ3n) is 3.80. The molecule has 1 aliphatic rings. The van der Waals surface area contributed by atoms with Crippen LogP contribution in [0.1, 0.15) is 30.9 Å². The van der Waals surface area contributed by atoms with Crippen LogP contribution >= 0.6 is 0 Å². The number of rotatable bonds is 5. The highest BCUT2D eigenvalue weighted by Crippen LogP contribution is 2.25. The fraction of sp³-hybridized carbons (Fsp3) is 0.571. The zero-order chi connectivity index (χ0) is 13.8. The Morgan fingerprint density at radius 2 is 2.05 bits per heavy atom. The summed E-state index contributed by atoms with van der Waals surface area (Å²) in [5.41, 5.74) is 0.352. The van der Waals surface area contributed by atoms with Crippen molar-refractivity contribution >= 4 is 0 Å². The Balaban J connectivity index is 1.90. The van der Waals surface area contributed by atoms with Crippen LogP contribution in [0.15, 0.2) is 18.2 Å². The highest BCUT2D eigenvalue weighted by Gasteiger charge is 2.26. The lowest BCUT2D eigenvalue weighted by molar-refractivity contribution is 0.154. The first-order valence-corrected chi connectivity index (χ1v) is 6.59. The fourth-order valence-electron chi connectivity index (χ4n) is 2.62. The second kappa shape index (κ2) is 6.41. The van der Waals surface area contributed by atoms with E-state index in [4.69, 9.17) is 0 Å². The number of benzene rings is 1. The lowest BCUT2D eigenvalue weighted by atomic mass is 10.0. The summed E-state index contributed by atoms with van der Waals surface area (Å²) >= 11 is 0. The lowest BCUT2D eigenvalue weighted by Crippen LogP contribution is -2.36. The van der Waals surface area contributed by atoms with Crippen molar-refractivity contribution in [2.24, 2.45) is 5.92 Å². The first-order valence-electron chi connectivity index (χ1n) is 6.59. The van der Waals surface area contributed by atoms with Gasteiger partial charge in [-0.1, -0.05) is 12.5 Å². The van der Waals surface area contributed by atoms with Crippen molar-refractivity contribution in [2.45, 2.75) is 31.4 Å². The fourth-order valence-corrected chi connectivity index (χ4v) is 2.62. The molecule has 0 aromatic heterocycles. The van der Waals surface area contributed by atoms with Gasteiger partial charge in [-0.3, -0.25) is 0 Å². The highest BCUT2D eigenvalue weighted by molar-refractivity contribution is 5.20. The second-order valence-corrected chi connectivity index (χ2v) is 5.08. The zero-order valence-electron chi connectivity index (χ0n) is 10.6. The largest absolute Gasteiger partial charge is 0.396 e. The first kappa shape index (κ1) is 14.4. The van der Waals surface area contributed by atoms with Gasteiger partial charge in [0, 0.05) is 19.2 Å². The molecule has 0 heterocycles. The van der Waals surface area contributed by atoms with Gasteiger partial charge in [0.25, 0.3) is 0 Å². The standard InChI is InChI=1S/C14H19F2NO2/c15-11-5-4-9(6-12(11)16)14(19)7-17-13-3-1-2-10(13)8-18/h4-6,10,13-14,17-19H,1-3,7-8H2. The van der Waals surface area contributed by atoms with Crippen molar-refractivity contribution in [2.75, 3.05) is 13.2 Å². The van der Waals surface area contributed by atoms with E-state index in [0.717, 1.165) is 31.4 Å². The Labute approximate surface area is 111 Å². The van der Waals surface area contributed by atoms with E-state index in [2.05, 4.69) is 5.32 Å². The molecule has 0 saturated heterocycles. The number of hydrogen-bond acceptors (Lipinski definition) is 3. The van der Waals surface area contributed by atoms with Crippen LogP contribution < -0.4 is 5.32 Å². The molecule has 1 aromatic carbocycles. The summed E-state index contributed by atoms with van der Waals surface area (Å²) in [5, 5.41) is 22.3. The van der Waals surface area contributed by atoms with Crippen molar-refractivity contribution in [3.63, 3.8) is 0 Å². The Hall–Kier alpha value is -1.04. The number of hydrogen-bond donors (Lipinski definition) is 3. The summed E-state index contributed by atoms with van der Waals surface area (Å²) in [4.78, 5) is 0. The van der Waals surface area contributed by atoms with Gasteiger partial charge in [0.15, 0.2) is 11.6 Å². The molecule has 0 radical (unpaired) electrons. The predicted octanol–water partition coefficient (Wildman–Crippen LogP) is 1.75. The normalized spacial score (nSPS) is 24.6. The maximum atomic E-state index is 13.1. The van der Waals surface area contributed by atoms with Crippen molar-refractivity contribution < 1.29 is 19.0 Å². The third kappa shape index (κ3) is 3.49. The van der Waals surface area contributed by atoms with Crippen LogP contribution in [-0.4, -0.2) is 29.4 Å². The van der Waals surface area contributed by atoms with Crippen LogP contribution in [0, 0.1) is 17.6 Å². The van der Waals surface area contributed by atoms with Gasteiger partial charge in [0.05, 0.1) is 6.10 Å². The molecule has 1 aromatic rings. The van der Waals surface area contributed by atoms with Crippen LogP contribution in [0.5, 0.6) is 0 Å². The van der Waals surface area contributed by atoms with Crippen LogP contribution in [0.25, 0.3) is 0 Å². The van der Waals surface area contributed by atoms with Crippen molar-refractivity contribution in [1.82, 2.24) is 5.32 Å². The molecule has 3 unspecified atom stereocenters. The van der Waals surface area contributed by atoms with E-state index in [-0.39, 0.29) is 25.1 Å². The number of halogens is 2. The molecule has 106 valence electrons. The van der Waals surface area contributed by atoms with Gasteiger partial charge in [-0.05, 0) is 36.5 Å². The average Bonchev–Trinajstić information content (AvgIpc) is 2.86. The molecule has 3 atom stereocenters.